The molecular weight excluding hydrogens is 264 g/mol. The molecule has 0 amide bonds. The van der Waals surface area contributed by atoms with Crippen LogP contribution >= 0.6 is 0 Å². The number of benzene rings is 1. The first-order chi connectivity index (χ1) is 10.2. The standard InChI is InChI=1S/C17H20N2O2/c1-11-4-6-15-13(8-11)14(18-2)9-16(21-15)12-5-7-17(20-3)19-10-12/h4-8,10,14,16,18H,9H2,1-3H3. The van der Waals surface area contributed by atoms with Crippen LogP contribution in [0.4, 0.5) is 0 Å². The van der Waals surface area contributed by atoms with E-state index in [0.717, 1.165) is 17.7 Å². The van der Waals surface area contributed by atoms with E-state index in [0.29, 0.717) is 11.9 Å². The summed E-state index contributed by atoms with van der Waals surface area (Å²) in [4.78, 5) is 4.27. The predicted molar refractivity (Wildman–Crippen MR) is 81.8 cm³/mol. The Balaban J connectivity index is 1.90. The van der Waals surface area contributed by atoms with Gasteiger partial charge in [-0.05, 0) is 26.1 Å². The van der Waals surface area contributed by atoms with Gasteiger partial charge in [-0.15, -0.1) is 0 Å². The zero-order chi connectivity index (χ0) is 14.8. The second-order valence-electron chi connectivity index (χ2n) is 5.36. The average molecular weight is 284 g/mol. The number of fused-ring (bicyclic) bond motifs is 1. The largest absolute Gasteiger partial charge is 0.485 e. The van der Waals surface area contributed by atoms with Crippen LogP contribution in [-0.2, 0) is 0 Å². The van der Waals surface area contributed by atoms with Gasteiger partial charge in [0.25, 0.3) is 0 Å². The van der Waals surface area contributed by atoms with Crippen LogP contribution in [0.25, 0.3) is 0 Å². The Kier molecular flexibility index (Phi) is 3.80. The number of nitrogens with one attached hydrogen (secondary N) is 1. The van der Waals surface area contributed by atoms with Gasteiger partial charge in [-0.1, -0.05) is 17.7 Å². The maximum Gasteiger partial charge on any atom is 0.212 e. The molecule has 2 atom stereocenters. The third kappa shape index (κ3) is 2.72. The Morgan fingerprint density at radius 1 is 1.29 bits per heavy atom. The van der Waals surface area contributed by atoms with E-state index < -0.39 is 0 Å². The molecule has 110 valence electrons. The Morgan fingerprint density at radius 3 is 2.81 bits per heavy atom. The quantitative estimate of drug-likeness (QED) is 0.940. The predicted octanol–water partition coefficient (Wildman–Crippen LogP) is 3.18. The lowest BCUT2D eigenvalue weighted by atomic mass is 9.92. The summed E-state index contributed by atoms with van der Waals surface area (Å²) in [5.41, 5.74) is 3.56. The van der Waals surface area contributed by atoms with E-state index >= 15 is 0 Å². The van der Waals surface area contributed by atoms with E-state index in [-0.39, 0.29) is 6.10 Å². The molecule has 1 aliphatic rings. The molecule has 0 saturated carbocycles. The van der Waals surface area contributed by atoms with Crippen LogP contribution in [0.2, 0.25) is 0 Å². The highest BCUT2D eigenvalue weighted by atomic mass is 16.5. The SMILES string of the molecule is CNC1CC(c2ccc(OC)nc2)Oc2ccc(C)cc21. The number of aromatic nitrogens is 1. The van der Waals surface area contributed by atoms with Crippen molar-refractivity contribution < 1.29 is 9.47 Å². The molecule has 2 unspecified atom stereocenters. The Bertz CT molecular complexity index is 625. The third-order valence-corrected chi connectivity index (χ3v) is 3.95. The highest BCUT2D eigenvalue weighted by Crippen LogP contribution is 2.40. The fourth-order valence-electron chi connectivity index (χ4n) is 2.77. The van der Waals surface area contributed by atoms with E-state index in [4.69, 9.17) is 9.47 Å². The molecule has 0 saturated heterocycles. The lowest BCUT2D eigenvalue weighted by Gasteiger charge is -2.32. The number of hydrogen-bond acceptors (Lipinski definition) is 4. The molecule has 1 aromatic heterocycles. The summed E-state index contributed by atoms with van der Waals surface area (Å²) in [5, 5.41) is 3.38. The van der Waals surface area contributed by atoms with Crippen molar-refractivity contribution in [1.29, 1.82) is 0 Å². The Morgan fingerprint density at radius 2 is 2.14 bits per heavy atom. The van der Waals surface area contributed by atoms with Gasteiger partial charge >= 0.3 is 0 Å². The molecule has 3 rings (SSSR count). The van der Waals surface area contributed by atoms with Crippen LogP contribution in [0.3, 0.4) is 0 Å². The van der Waals surface area contributed by atoms with Crippen LogP contribution < -0.4 is 14.8 Å². The molecule has 2 aromatic rings. The molecule has 1 N–H and O–H groups in total. The summed E-state index contributed by atoms with van der Waals surface area (Å²) >= 11 is 0. The molecule has 1 aliphatic heterocycles. The smallest absolute Gasteiger partial charge is 0.212 e. The van der Waals surface area contributed by atoms with Gasteiger partial charge in [-0.3, -0.25) is 0 Å². The summed E-state index contributed by atoms with van der Waals surface area (Å²) in [6.07, 6.45) is 2.73. The number of aryl methyl sites for hydroxylation is 1. The maximum atomic E-state index is 6.16. The normalized spacial score (nSPS) is 20.5. The van der Waals surface area contributed by atoms with E-state index in [9.17, 15) is 0 Å². The molecule has 0 spiro atoms. The van der Waals surface area contributed by atoms with Crippen molar-refractivity contribution in [1.82, 2.24) is 10.3 Å². The van der Waals surface area contributed by atoms with Crippen molar-refractivity contribution in [3.63, 3.8) is 0 Å². The van der Waals surface area contributed by atoms with E-state index in [1.165, 1.54) is 11.1 Å². The highest BCUT2D eigenvalue weighted by molar-refractivity contribution is 5.41. The average Bonchev–Trinajstić information content (AvgIpc) is 2.54. The lowest BCUT2D eigenvalue weighted by molar-refractivity contribution is 0.153. The van der Waals surface area contributed by atoms with Crippen molar-refractivity contribution >= 4 is 0 Å². The van der Waals surface area contributed by atoms with Crippen LogP contribution in [0, 0.1) is 6.92 Å². The van der Waals surface area contributed by atoms with Crippen molar-refractivity contribution in [2.24, 2.45) is 0 Å². The van der Waals surface area contributed by atoms with Gasteiger partial charge in [-0.25, -0.2) is 4.98 Å². The molecule has 0 aliphatic carbocycles. The summed E-state index contributed by atoms with van der Waals surface area (Å²) < 4.78 is 11.3. The molecule has 0 fully saturated rings. The summed E-state index contributed by atoms with van der Waals surface area (Å²) in [7, 11) is 3.61. The van der Waals surface area contributed by atoms with E-state index in [1.807, 2.05) is 25.4 Å². The molecular formula is C17H20N2O2. The molecule has 1 aromatic carbocycles. The first kappa shape index (κ1) is 13.9. The first-order valence-electron chi connectivity index (χ1n) is 7.15. The van der Waals surface area contributed by atoms with Crippen LogP contribution in [0.1, 0.15) is 35.3 Å². The molecule has 0 bridgehead atoms. The minimum Gasteiger partial charge on any atom is -0.485 e. The zero-order valence-electron chi connectivity index (χ0n) is 12.6. The fraction of sp³-hybridized carbons (Fsp3) is 0.353. The van der Waals surface area contributed by atoms with Gasteiger partial charge in [0.05, 0.1) is 7.11 Å². The second kappa shape index (κ2) is 5.74. The number of nitrogens with zero attached hydrogens (tertiary/aromatic N) is 1. The summed E-state index contributed by atoms with van der Waals surface area (Å²) in [6.45, 7) is 2.10. The van der Waals surface area contributed by atoms with Gasteiger partial charge in [-0.2, -0.15) is 0 Å². The molecule has 4 heteroatoms. The number of ether oxygens (including phenoxy) is 2. The van der Waals surface area contributed by atoms with Gasteiger partial charge in [0.2, 0.25) is 5.88 Å². The first-order valence-corrected chi connectivity index (χ1v) is 7.15. The number of pyridine rings is 1. The van der Waals surface area contributed by atoms with E-state index in [2.05, 4.69) is 35.4 Å². The van der Waals surface area contributed by atoms with Gasteiger partial charge in [0.15, 0.2) is 0 Å². The maximum absolute atomic E-state index is 6.16. The van der Waals surface area contributed by atoms with Gasteiger partial charge in [0, 0.05) is 35.9 Å². The Labute approximate surface area is 125 Å². The monoisotopic (exact) mass is 284 g/mol. The summed E-state index contributed by atoms with van der Waals surface area (Å²) in [5.74, 6) is 1.57. The summed E-state index contributed by atoms with van der Waals surface area (Å²) in [6, 6.07) is 10.5. The van der Waals surface area contributed by atoms with Crippen molar-refractivity contribution in [2.45, 2.75) is 25.5 Å². The highest BCUT2D eigenvalue weighted by Gasteiger charge is 2.28. The lowest BCUT2D eigenvalue weighted by Crippen LogP contribution is -2.26. The number of methoxy groups -OCH3 is 1. The van der Waals surface area contributed by atoms with E-state index in [1.54, 1.807) is 7.11 Å². The van der Waals surface area contributed by atoms with Crippen LogP contribution in [0.15, 0.2) is 36.5 Å². The minimum absolute atomic E-state index is 0.0102. The molecule has 21 heavy (non-hydrogen) atoms. The van der Waals surface area contributed by atoms with Crippen LogP contribution in [-0.4, -0.2) is 19.1 Å². The number of hydrogen-bond donors (Lipinski definition) is 1. The molecule has 4 nitrogen and oxygen atoms in total. The van der Waals surface area contributed by atoms with Crippen molar-refractivity contribution in [3.8, 4) is 11.6 Å². The Hall–Kier alpha value is -2.07. The van der Waals surface area contributed by atoms with Crippen molar-refractivity contribution in [2.75, 3.05) is 14.2 Å². The van der Waals surface area contributed by atoms with Gasteiger partial charge < -0.3 is 14.8 Å². The van der Waals surface area contributed by atoms with Crippen LogP contribution in [0.5, 0.6) is 11.6 Å². The van der Waals surface area contributed by atoms with Crippen molar-refractivity contribution in [3.05, 3.63) is 53.2 Å². The zero-order valence-corrected chi connectivity index (χ0v) is 12.6. The second-order valence-corrected chi connectivity index (χ2v) is 5.36. The minimum atomic E-state index is 0.0102. The third-order valence-electron chi connectivity index (χ3n) is 3.95. The molecule has 2 heterocycles. The topological polar surface area (TPSA) is 43.4 Å². The van der Waals surface area contributed by atoms with Gasteiger partial charge in [0.1, 0.15) is 11.9 Å². The fourth-order valence-corrected chi connectivity index (χ4v) is 2.77. The molecule has 0 radical (unpaired) electrons. The number of rotatable bonds is 3.